The maximum absolute atomic E-state index is 5.81. The lowest BCUT2D eigenvalue weighted by Crippen LogP contribution is -2.28. The molecule has 0 atom stereocenters. The molecule has 2 rings (SSSR count). The molecule has 0 N–H and O–H groups in total. The van der Waals surface area contributed by atoms with E-state index in [9.17, 15) is 0 Å². The van der Waals surface area contributed by atoms with Gasteiger partial charge in [0, 0.05) is 6.54 Å². The molecule has 88 valence electrons. The van der Waals surface area contributed by atoms with Gasteiger partial charge in [0.1, 0.15) is 0 Å². The molecule has 0 aromatic heterocycles. The van der Waals surface area contributed by atoms with E-state index in [4.69, 9.17) is 4.74 Å². The number of para-hydroxylation sites is 2. The number of ether oxygens (including phenoxy) is 1. The van der Waals surface area contributed by atoms with Crippen molar-refractivity contribution in [3.05, 3.63) is 61.0 Å². The van der Waals surface area contributed by atoms with Gasteiger partial charge in [-0.1, -0.05) is 32.2 Å². The molecule has 1 aliphatic heterocycles. The van der Waals surface area contributed by atoms with Crippen LogP contribution in [0.2, 0.25) is 0 Å². The molecular weight excluding hydrogens is 210 g/mol. The van der Waals surface area contributed by atoms with Crippen LogP contribution in [0.3, 0.4) is 0 Å². The van der Waals surface area contributed by atoms with Crippen LogP contribution in [0, 0.1) is 0 Å². The van der Waals surface area contributed by atoms with E-state index in [1.54, 1.807) is 6.08 Å². The summed E-state index contributed by atoms with van der Waals surface area (Å²) in [5, 5.41) is 0. The Kier molecular flexibility index (Phi) is 3.33. The maximum Gasteiger partial charge on any atom is 0.151 e. The first kappa shape index (κ1) is 11.5. The first-order chi connectivity index (χ1) is 8.31. The zero-order valence-electron chi connectivity index (χ0n) is 10.1. The minimum Gasteiger partial charge on any atom is -0.453 e. The molecule has 0 amide bonds. The first-order valence-corrected chi connectivity index (χ1v) is 5.85. The van der Waals surface area contributed by atoms with Crippen molar-refractivity contribution in [1.82, 2.24) is 0 Å². The Bertz CT molecular complexity index is 474. The van der Waals surface area contributed by atoms with Crippen LogP contribution in [-0.2, 0) is 0 Å². The normalized spacial score (nSPS) is 14.1. The number of hydrogen-bond donors (Lipinski definition) is 0. The minimum absolute atomic E-state index is 0.771. The molecule has 2 heteroatoms. The molecule has 0 saturated carbocycles. The third-order valence-corrected chi connectivity index (χ3v) is 2.75. The van der Waals surface area contributed by atoms with E-state index in [1.807, 2.05) is 24.3 Å². The number of fused-ring (bicyclic) bond motifs is 1. The lowest BCUT2D eigenvalue weighted by molar-refractivity contribution is 0.427. The quantitative estimate of drug-likeness (QED) is 0.774. The molecule has 0 unspecified atom stereocenters. The molecule has 1 aromatic rings. The summed E-state index contributed by atoms with van der Waals surface area (Å²) in [6.45, 7) is 10.8. The number of benzene rings is 1. The van der Waals surface area contributed by atoms with Gasteiger partial charge in [-0.25, -0.2) is 0 Å². The zero-order valence-corrected chi connectivity index (χ0v) is 10.1. The number of rotatable bonds is 4. The van der Waals surface area contributed by atoms with Crippen molar-refractivity contribution in [1.29, 1.82) is 0 Å². The van der Waals surface area contributed by atoms with Crippen LogP contribution in [-0.4, -0.2) is 6.54 Å². The van der Waals surface area contributed by atoms with Crippen molar-refractivity contribution in [3.63, 3.8) is 0 Å². The first-order valence-electron chi connectivity index (χ1n) is 5.85. The van der Waals surface area contributed by atoms with Gasteiger partial charge in [0.2, 0.25) is 0 Å². The molecular formula is C15H17NO. The second-order valence-electron chi connectivity index (χ2n) is 3.88. The molecule has 1 aromatic carbocycles. The Morgan fingerprint density at radius 2 is 2.00 bits per heavy atom. The highest BCUT2D eigenvalue weighted by atomic mass is 16.5. The van der Waals surface area contributed by atoms with Gasteiger partial charge in [0.05, 0.1) is 11.4 Å². The van der Waals surface area contributed by atoms with Crippen molar-refractivity contribution in [2.75, 3.05) is 11.4 Å². The highest BCUT2D eigenvalue weighted by molar-refractivity contribution is 5.67. The number of nitrogens with zero attached hydrogens (tertiary/aromatic N) is 1. The largest absolute Gasteiger partial charge is 0.453 e. The van der Waals surface area contributed by atoms with Crippen LogP contribution in [0.25, 0.3) is 0 Å². The van der Waals surface area contributed by atoms with Crippen molar-refractivity contribution < 1.29 is 4.74 Å². The third kappa shape index (κ3) is 1.98. The second-order valence-corrected chi connectivity index (χ2v) is 3.88. The molecule has 0 radical (unpaired) electrons. The van der Waals surface area contributed by atoms with E-state index in [0.29, 0.717) is 0 Å². The van der Waals surface area contributed by atoms with Gasteiger partial charge in [-0.05, 0) is 30.7 Å². The van der Waals surface area contributed by atoms with Gasteiger partial charge in [0.25, 0.3) is 0 Å². The van der Waals surface area contributed by atoms with Gasteiger partial charge in [-0.15, -0.1) is 0 Å². The van der Waals surface area contributed by atoms with E-state index in [-0.39, 0.29) is 0 Å². The van der Waals surface area contributed by atoms with E-state index in [0.717, 1.165) is 35.9 Å². The van der Waals surface area contributed by atoms with Crippen LogP contribution in [0.5, 0.6) is 5.75 Å². The monoisotopic (exact) mass is 227 g/mol. The lowest BCUT2D eigenvalue weighted by Gasteiger charge is -2.32. The summed E-state index contributed by atoms with van der Waals surface area (Å²) in [5.74, 6) is 1.65. The summed E-state index contributed by atoms with van der Waals surface area (Å²) in [6, 6.07) is 8.03. The van der Waals surface area contributed by atoms with Crippen molar-refractivity contribution in [2.45, 2.75) is 13.3 Å². The summed E-state index contributed by atoms with van der Waals surface area (Å²) in [5.41, 5.74) is 2.08. The number of anilines is 1. The molecule has 0 bridgehead atoms. The van der Waals surface area contributed by atoms with Crippen molar-refractivity contribution >= 4 is 5.69 Å². The second kappa shape index (κ2) is 4.91. The van der Waals surface area contributed by atoms with Crippen molar-refractivity contribution in [2.24, 2.45) is 0 Å². The average Bonchev–Trinajstić information content (AvgIpc) is 2.38. The third-order valence-electron chi connectivity index (χ3n) is 2.75. The number of hydrogen-bond acceptors (Lipinski definition) is 2. The maximum atomic E-state index is 5.81. The number of allylic oxidation sites excluding steroid dienone is 2. The Morgan fingerprint density at radius 1 is 1.24 bits per heavy atom. The Labute approximate surface area is 103 Å². The van der Waals surface area contributed by atoms with Gasteiger partial charge in [-0.2, -0.15) is 0 Å². The van der Waals surface area contributed by atoms with Crippen LogP contribution < -0.4 is 9.64 Å². The molecule has 0 saturated heterocycles. The molecule has 0 fully saturated rings. The van der Waals surface area contributed by atoms with E-state index in [1.165, 1.54) is 0 Å². The van der Waals surface area contributed by atoms with E-state index in [2.05, 4.69) is 31.0 Å². The van der Waals surface area contributed by atoms with Crippen LogP contribution in [0.4, 0.5) is 5.69 Å². The summed E-state index contributed by atoms with van der Waals surface area (Å²) >= 11 is 0. The lowest BCUT2D eigenvalue weighted by atomic mass is 10.1. The van der Waals surface area contributed by atoms with E-state index >= 15 is 0 Å². The highest BCUT2D eigenvalue weighted by Gasteiger charge is 2.22. The smallest absolute Gasteiger partial charge is 0.151 e. The predicted octanol–water partition coefficient (Wildman–Crippen LogP) is 3.88. The summed E-state index contributed by atoms with van der Waals surface area (Å²) in [4.78, 5) is 2.23. The molecule has 0 aliphatic carbocycles. The summed E-state index contributed by atoms with van der Waals surface area (Å²) < 4.78 is 5.81. The standard InChI is InChI=1S/C15H17NO/c1-4-11-16-12(5-2)14(6-3)17-15-10-8-7-9-13(15)16/h5-10H,2-4,11H2,1H3. The molecule has 2 nitrogen and oxygen atoms in total. The fourth-order valence-electron chi connectivity index (χ4n) is 2.02. The van der Waals surface area contributed by atoms with Gasteiger partial charge in [-0.3, -0.25) is 0 Å². The fourth-order valence-corrected chi connectivity index (χ4v) is 2.02. The van der Waals surface area contributed by atoms with Crippen LogP contribution >= 0.6 is 0 Å². The van der Waals surface area contributed by atoms with Crippen LogP contribution in [0.15, 0.2) is 61.0 Å². The Balaban J connectivity index is 2.53. The van der Waals surface area contributed by atoms with Gasteiger partial charge < -0.3 is 9.64 Å². The molecule has 0 spiro atoms. The molecule has 1 aliphatic rings. The average molecular weight is 227 g/mol. The topological polar surface area (TPSA) is 12.5 Å². The molecule has 17 heavy (non-hydrogen) atoms. The zero-order chi connectivity index (χ0) is 12.3. The molecule has 1 heterocycles. The predicted molar refractivity (Wildman–Crippen MR) is 72.1 cm³/mol. The van der Waals surface area contributed by atoms with Crippen molar-refractivity contribution in [3.8, 4) is 5.75 Å². The fraction of sp³-hybridized carbons (Fsp3) is 0.200. The van der Waals surface area contributed by atoms with Gasteiger partial charge >= 0.3 is 0 Å². The minimum atomic E-state index is 0.771. The van der Waals surface area contributed by atoms with Crippen LogP contribution in [0.1, 0.15) is 13.3 Å². The van der Waals surface area contributed by atoms with Gasteiger partial charge in [0.15, 0.2) is 11.5 Å². The SMILES string of the molecule is C=CC1=C(C=C)N(CCC)c2ccccc2O1. The van der Waals surface area contributed by atoms with E-state index < -0.39 is 0 Å². The summed E-state index contributed by atoms with van der Waals surface area (Å²) in [6.07, 6.45) is 4.62. The Hall–Kier alpha value is -1.96. The highest BCUT2D eigenvalue weighted by Crippen LogP contribution is 2.37. The Morgan fingerprint density at radius 3 is 2.65 bits per heavy atom. The summed E-state index contributed by atoms with van der Waals surface area (Å²) in [7, 11) is 0.